The average molecular weight is 776 g/mol. The zero-order chi connectivity index (χ0) is 39.9. The molecule has 0 radical (unpaired) electrons. The van der Waals surface area contributed by atoms with Gasteiger partial charge in [-0.1, -0.05) is 142 Å². The van der Waals surface area contributed by atoms with Crippen LogP contribution in [-0.4, -0.2) is 50.1 Å². The third-order valence-electron chi connectivity index (χ3n) is 12.3. The highest BCUT2D eigenvalue weighted by atomic mass is 28.4. The zero-order valence-electron chi connectivity index (χ0n) is 33.1. The van der Waals surface area contributed by atoms with Crippen LogP contribution < -0.4 is 15.3 Å². The van der Waals surface area contributed by atoms with E-state index in [2.05, 4.69) is 82.3 Å². The molecule has 1 aliphatic carbocycles. The Hall–Kier alpha value is -5.06. The van der Waals surface area contributed by atoms with E-state index in [-0.39, 0.29) is 41.4 Å². The molecule has 2 saturated heterocycles. The summed E-state index contributed by atoms with van der Waals surface area (Å²) in [5, 5.41) is 25.7. The minimum absolute atomic E-state index is 0.198. The van der Waals surface area contributed by atoms with E-state index in [1.807, 2.05) is 72.8 Å². The summed E-state index contributed by atoms with van der Waals surface area (Å²) in [5.74, 6) is -1.72. The molecular formula is C48H50BNO6Si. The van der Waals surface area contributed by atoms with E-state index in [1.54, 1.807) is 6.07 Å². The molecule has 2 N–H and O–H groups in total. The van der Waals surface area contributed by atoms with E-state index in [0.29, 0.717) is 24.9 Å². The van der Waals surface area contributed by atoms with Gasteiger partial charge in [0, 0.05) is 5.39 Å². The SMILES string of the molecule is C/C(=C\c1ccc(O)c2ccccc12)CC[C@H]1OB(O)C[C@H]2C1=C(CO[Si](c1ccccc1)(c1ccccc1)C(C)(C)C)C[C@H]1C(=O)N(c3ccccc3)C(=O)[C@H]12. The van der Waals surface area contributed by atoms with Gasteiger partial charge in [0.05, 0.1) is 30.2 Å². The molecule has 3 aliphatic rings. The number of hydrogen-bond donors (Lipinski definition) is 2. The molecule has 2 amide bonds. The molecule has 0 bridgehead atoms. The van der Waals surface area contributed by atoms with E-state index >= 15 is 0 Å². The van der Waals surface area contributed by atoms with Gasteiger partial charge < -0.3 is 19.2 Å². The fourth-order valence-corrected chi connectivity index (χ4v) is 14.4. The number of benzene rings is 5. The van der Waals surface area contributed by atoms with E-state index in [9.17, 15) is 19.7 Å². The van der Waals surface area contributed by atoms with Gasteiger partial charge in [0.1, 0.15) is 5.75 Å². The summed E-state index contributed by atoms with van der Waals surface area (Å²) in [6.45, 7) is 9.13. The Bertz CT molecular complexity index is 2300. The van der Waals surface area contributed by atoms with Gasteiger partial charge in [-0.15, -0.1) is 0 Å². The van der Waals surface area contributed by atoms with Crippen molar-refractivity contribution in [3.63, 3.8) is 0 Å². The van der Waals surface area contributed by atoms with Crippen molar-refractivity contribution in [3.8, 4) is 5.75 Å². The molecule has 5 aromatic carbocycles. The molecule has 290 valence electrons. The van der Waals surface area contributed by atoms with Crippen LogP contribution in [-0.2, 0) is 18.7 Å². The Balaban J connectivity index is 1.20. The molecule has 0 spiro atoms. The average Bonchev–Trinajstić information content (AvgIpc) is 3.47. The van der Waals surface area contributed by atoms with Crippen LogP contribution in [0.3, 0.4) is 0 Å². The monoisotopic (exact) mass is 775 g/mol. The van der Waals surface area contributed by atoms with Gasteiger partial charge in [-0.05, 0) is 94.1 Å². The van der Waals surface area contributed by atoms with Crippen LogP contribution in [0.1, 0.15) is 52.5 Å². The largest absolute Gasteiger partial charge is 0.507 e. The number of imide groups is 1. The van der Waals surface area contributed by atoms with E-state index < -0.39 is 33.4 Å². The predicted molar refractivity (Wildman–Crippen MR) is 231 cm³/mol. The van der Waals surface area contributed by atoms with Gasteiger partial charge in [0.25, 0.3) is 8.32 Å². The third-order valence-corrected chi connectivity index (χ3v) is 17.3. The third kappa shape index (κ3) is 7.12. The smallest absolute Gasteiger partial charge is 0.455 e. The number of rotatable bonds is 10. The number of allylic oxidation sites excluding steroid dienone is 1. The predicted octanol–water partition coefficient (Wildman–Crippen LogP) is 8.31. The summed E-state index contributed by atoms with van der Waals surface area (Å²) in [6, 6.07) is 41.7. The second kappa shape index (κ2) is 15.7. The number of aromatic hydroxyl groups is 1. The van der Waals surface area contributed by atoms with Crippen LogP contribution in [0, 0.1) is 17.8 Å². The van der Waals surface area contributed by atoms with Crippen molar-refractivity contribution in [1.29, 1.82) is 0 Å². The molecule has 0 saturated carbocycles. The van der Waals surface area contributed by atoms with Crippen LogP contribution >= 0.6 is 0 Å². The first-order valence-electron chi connectivity index (χ1n) is 20.1. The minimum atomic E-state index is -2.98. The lowest BCUT2D eigenvalue weighted by Crippen LogP contribution is -2.66. The lowest BCUT2D eigenvalue weighted by molar-refractivity contribution is -0.122. The zero-order valence-corrected chi connectivity index (χ0v) is 34.1. The maximum absolute atomic E-state index is 14.5. The molecule has 0 unspecified atom stereocenters. The summed E-state index contributed by atoms with van der Waals surface area (Å²) in [4.78, 5) is 30.2. The number of para-hydroxylation sites is 1. The standard InChI is InChI=1S/C48H50BNO6Si/c1-32(28-33-25-26-42(51)39-23-15-14-22-38(33)39)24-27-43-44-34(31-55-57(48(2,3)4,36-18-10-6-11-19-36)37-20-12-7-13-21-37)29-40-45(41(44)30-49(54)56-43)47(53)50(46(40)52)35-16-8-5-9-17-35/h5-23,25-26,28,40-41,43,45,51,54H,24,27,29-31H2,1-4H3/b32-28+/t40-,41+,43-,45-/m1/s1. The maximum Gasteiger partial charge on any atom is 0.455 e. The fourth-order valence-electron chi connectivity index (χ4n) is 9.81. The number of fused-ring (bicyclic) bond motifs is 4. The summed E-state index contributed by atoms with van der Waals surface area (Å²) in [6.07, 6.45) is 3.52. The Morgan fingerprint density at radius 2 is 1.42 bits per heavy atom. The van der Waals surface area contributed by atoms with Gasteiger partial charge in [0.15, 0.2) is 0 Å². The molecule has 9 heteroatoms. The number of phenolic OH excluding ortho intramolecular Hbond substituents is 1. The molecular weight excluding hydrogens is 725 g/mol. The van der Waals surface area contributed by atoms with Crippen LogP contribution in [0.2, 0.25) is 11.4 Å². The van der Waals surface area contributed by atoms with Gasteiger partial charge in [-0.3, -0.25) is 14.5 Å². The fraction of sp³-hybridized carbons (Fsp3) is 0.292. The number of anilines is 1. The number of hydrogen-bond acceptors (Lipinski definition) is 6. The number of amides is 2. The molecule has 7 nitrogen and oxygen atoms in total. The second-order valence-corrected chi connectivity index (χ2v) is 21.2. The molecule has 4 atom stereocenters. The van der Waals surface area contributed by atoms with Gasteiger partial charge in [0.2, 0.25) is 11.8 Å². The quantitative estimate of drug-likeness (QED) is 0.0843. The number of phenols is 1. The van der Waals surface area contributed by atoms with Crippen LogP contribution in [0.25, 0.3) is 16.8 Å². The van der Waals surface area contributed by atoms with Crippen LogP contribution in [0.15, 0.2) is 144 Å². The molecule has 8 rings (SSSR count). The molecule has 2 fully saturated rings. The van der Waals surface area contributed by atoms with Crippen molar-refractivity contribution in [3.05, 3.63) is 150 Å². The van der Waals surface area contributed by atoms with E-state index in [0.717, 1.165) is 43.4 Å². The van der Waals surface area contributed by atoms with Gasteiger partial charge in [-0.25, -0.2) is 0 Å². The highest BCUT2D eigenvalue weighted by molar-refractivity contribution is 6.99. The Labute approximate surface area is 336 Å². The number of nitrogens with zero attached hydrogens (tertiary/aromatic N) is 1. The van der Waals surface area contributed by atoms with Crippen molar-refractivity contribution in [2.24, 2.45) is 17.8 Å². The number of carbonyl (C=O) groups excluding carboxylic acids is 2. The molecule has 2 heterocycles. The van der Waals surface area contributed by atoms with Crippen molar-refractivity contribution in [1.82, 2.24) is 0 Å². The maximum atomic E-state index is 14.5. The van der Waals surface area contributed by atoms with E-state index in [1.165, 1.54) is 4.90 Å². The molecule has 0 aromatic heterocycles. The molecule has 5 aromatic rings. The van der Waals surface area contributed by atoms with Gasteiger partial charge >= 0.3 is 7.12 Å². The summed E-state index contributed by atoms with van der Waals surface area (Å²) >= 11 is 0. The highest BCUT2D eigenvalue weighted by Gasteiger charge is 2.58. The van der Waals surface area contributed by atoms with Crippen molar-refractivity contribution in [2.45, 2.75) is 64.4 Å². The minimum Gasteiger partial charge on any atom is -0.507 e. The summed E-state index contributed by atoms with van der Waals surface area (Å²) in [7, 11) is -4.06. The second-order valence-electron chi connectivity index (χ2n) is 16.9. The Morgan fingerprint density at radius 3 is 2.05 bits per heavy atom. The normalized spacial score (nSPS) is 21.6. The lowest BCUT2D eigenvalue weighted by Gasteiger charge is -2.46. The molecule has 2 aliphatic heterocycles. The number of carbonyl (C=O) groups is 2. The highest BCUT2D eigenvalue weighted by Crippen LogP contribution is 2.52. The Morgan fingerprint density at radius 1 is 0.825 bits per heavy atom. The van der Waals surface area contributed by atoms with Crippen LogP contribution in [0.4, 0.5) is 5.69 Å². The van der Waals surface area contributed by atoms with Crippen molar-refractivity contribution < 1.29 is 28.8 Å². The molecule has 57 heavy (non-hydrogen) atoms. The van der Waals surface area contributed by atoms with E-state index in [4.69, 9.17) is 9.08 Å². The van der Waals surface area contributed by atoms with Crippen molar-refractivity contribution in [2.75, 3.05) is 11.5 Å². The Kier molecular flexibility index (Phi) is 10.7. The van der Waals surface area contributed by atoms with Crippen LogP contribution in [0.5, 0.6) is 5.75 Å². The van der Waals surface area contributed by atoms with Gasteiger partial charge in [-0.2, -0.15) is 0 Å². The summed E-state index contributed by atoms with van der Waals surface area (Å²) in [5.41, 5.74) is 4.69. The summed E-state index contributed by atoms with van der Waals surface area (Å²) < 4.78 is 14.0. The van der Waals surface area contributed by atoms with Crippen molar-refractivity contribution >= 4 is 60.2 Å². The first kappa shape index (κ1) is 38.8. The first-order valence-corrected chi connectivity index (χ1v) is 22.0. The topological polar surface area (TPSA) is 96.3 Å². The first-order chi connectivity index (χ1) is 27.5. The lowest BCUT2D eigenvalue weighted by atomic mass is 9.58.